The van der Waals surface area contributed by atoms with Crippen molar-refractivity contribution in [2.24, 2.45) is 0 Å². The van der Waals surface area contributed by atoms with E-state index in [2.05, 4.69) is 56.9 Å². The first kappa shape index (κ1) is 27.8. The average molecular weight is 516 g/mol. The summed E-state index contributed by atoms with van der Waals surface area (Å²) in [6, 6.07) is 10.8. The molecule has 3 aliphatic heterocycles. The van der Waals surface area contributed by atoms with Gasteiger partial charge in [-0.1, -0.05) is 30.3 Å². The number of esters is 1. The number of benzene rings is 1. The lowest BCUT2D eigenvalue weighted by Crippen LogP contribution is -2.53. The van der Waals surface area contributed by atoms with Gasteiger partial charge in [-0.15, -0.1) is 0 Å². The average Bonchev–Trinajstić information content (AvgIpc) is 3.21. The molecular weight excluding hydrogens is 470 g/mol. The molecule has 0 saturated carbocycles. The first-order valence-corrected chi connectivity index (χ1v) is 14.0. The number of unbranched alkanes of at least 4 members (excludes halogenated alkanes) is 1. The van der Waals surface area contributed by atoms with E-state index in [1.165, 1.54) is 12.7 Å². The lowest BCUT2D eigenvalue weighted by Gasteiger charge is -2.38. The normalized spacial score (nSPS) is 24.4. The Morgan fingerprint density at radius 2 is 1.46 bits per heavy atom. The fourth-order valence-corrected chi connectivity index (χ4v) is 5.68. The van der Waals surface area contributed by atoms with Crippen LogP contribution >= 0.6 is 0 Å². The van der Waals surface area contributed by atoms with Gasteiger partial charge in [0.25, 0.3) is 0 Å². The van der Waals surface area contributed by atoms with Gasteiger partial charge in [0.05, 0.1) is 13.2 Å². The van der Waals surface area contributed by atoms with Crippen LogP contribution < -0.4 is 0 Å². The first-order chi connectivity index (χ1) is 18.0. The molecule has 0 aromatic heterocycles. The van der Waals surface area contributed by atoms with Gasteiger partial charge < -0.3 is 24.2 Å². The molecule has 3 saturated heterocycles. The Morgan fingerprint density at radius 3 is 2.14 bits per heavy atom. The van der Waals surface area contributed by atoms with Crippen molar-refractivity contribution in [2.75, 3.05) is 79.1 Å². The van der Waals surface area contributed by atoms with E-state index in [0.717, 1.165) is 97.8 Å². The van der Waals surface area contributed by atoms with E-state index in [-0.39, 0.29) is 24.3 Å². The molecule has 1 aromatic rings. The summed E-state index contributed by atoms with van der Waals surface area (Å²) in [5.74, 6) is -0.146. The summed E-state index contributed by atoms with van der Waals surface area (Å²) < 4.78 is 10.5. The third-order valence-electron chi connectivity index (χ3n) is 8.05. The second-order valence-corrected chi connectivity index (χ2v) is 10.6. The van der Waals surface area contributed by atoms with Gasteiger partial charge in [0, 0.05) is 71.9 Å². The molecule has 2 atom stereocenters. The number of carbonyl (C=O) groups excluding carboxylic acids is 2. The number of amides is 1. The van der Waals surface area contributed by atoms with Crippen LogP contribution in [0.25, 0.3) is 0 Å². The highest BCUT2D eigenvalue weighted by atomic mass is 16.6. The number of ether oxygens (including phenoxy) is 2. The van der Waals surface area contributed by atoms with Crippen LogP contribution in [0, 0.1) is 0 Å². The molecule has 2 unspecified atom stereocenters. The van der Waals surface area contributed by atoms with E-state index in [1.807, 2.05) is 4.90 Å². The number of nitrogens with zero attached hydrogens (tertiary/aromatic N) is 5. The maximum Gasteiger partial charge on any atom is 0.411 e. The van der Waals surface area contributed by atoms with Crippen LogP contribution in [0.3, 0.4) is 0 Å². The first-order valence-electron chi connectivity index (χ1n) is 14.0. The predicted octanol–water partition coefficient (Wildman–Crippen LogP) is 2.32. The van der Waals surface area contributed by atoms with Crippen molar-refractivity contribution in [3.05, 3.63) is 35.9 Å². The number of rotatable bonds is 12. The summed E-state index contributed by atoms with van der Waals surface area (Å²) >= 11 is 0. The van der Waals surface area contributed by atoms with Crippen molar-refractivity contribution in [1.29, 1.82) is 0 Å². The molecule has 1 amide bonds. The zero-order chi connectivity index (χ0) is 26.0. The van der Waals surface area contributed by atoms with E-state index in [9.17, 15) is 9.59 Å². The highest BCUT2D eigenvalue weighted by Crippen LogP contribution is 2.24. The summed E-state index contributed by atoms with van der Waals surface area (Å²) in [5, 5.41) is 0. The van der Waals surface area contributed by atoms with E-state index in [4.69, 9.17) is 9.47 Å². The molecule has 1 aromatic carbocycles. The Labute approximate surface area is 222 Å². The molecule has 206 valence electrons. The molecule has 0 bridgehead atoms. The summed E-state index contributed by atoms with van der Waals surface area (Å²) in [4.78, 5) is 35.6. The Hall–Kier alpha value is -2.20. The smallest absolute Gasteiger partial charge is 0.411 e. The summed E-state index contributed by atoms with van der Waals surface area (Å²) in [7, 11) is 1.43. The molecule has 3 aliphatic rings. The van der Waals surface area contributed by atoms with Crippen molar-refractivity contribution in [3.8, 4) is 0 Å². The monoisotopic (exact) mass is 515 g/mol. The van der Waals surface area contributed by atoms with Gasteiger partial charge in [-0.2, -0.15) is 0 Å². The number of hydrogen-bond donors (Lipinski definition) is 0. The summed E-state index contributed by atoms with van der Waals surface area (Å²) in [6.45, 7) is 14.0. The predicted molar refractivity (Wildman–Crippen MR) is 143 cm³/mol. The van der Waals surface area contributed by atoms with Crippen LogP contribution in [0.5, 0.6) is 0 Å². The fraction of sp³-hybridized carbons (Fsp3) is 0.714. The molecule has 0 aliphatic carbocycles. The van der Waals surface area contributed by atoms with Gasteiger partial charge in [-0.3, -0.25) is 14.6 Å². The van der Waals surface area contributed by atoms with Crippen molar-refractivity contribution >= 4 is 12.1 Å². The van der Waals surface area contributed by atoms with E-state index in [1.54, 1.807) is 0 Å². The Kier molecular flexibility index (Phi) is 10.6. The lowest BCUT2D eigenvalue weighted by atomic mass is 10.1. The Balaban J connectivity index is 1.09. The van der Waals surface area contributed by atoms with Gasteiger partial charge >= 0.3 is 12.1 Å². The van der Waals surface area contributed by atoms with E-state index < -0.39 is 0 Å². The minimum atomic E-state index is -0.174. The maximum absolute atomic E-state index is 12.6. The molecule has 3 heterocycles. The molecule has 9 heteroatoms. The minimum absolute atomic E-state index is 0.0694. The van der Waals surface area contributed by atoms with Crippen LogP contribution in [-0.2, 0) is 20.8 Å². The van der Waals surface area contributed by atoms with Crippen LogP contribution in [0.15, 0.2) is 30.3 Å². The number of hydrogen-bond acceptors (Lipinski definition) is 8. The molecule has 0 spiro atoms. The second-order valence-electron chi connectivity index (χ2n) is 10.6. The topological polar surface area (TPSA) is 68.8 Å². The second kappa shape index (κ2) is 14.1. The molecular formula is C28H45N5O4. The molecule has 0 N–H and O–H groups in total. The Morgan fingerprint density at radius 1 is 0.865 bits per heavy atom. The third kappa shape index (κ3) is 8.14. The van der Waals surface area contributed by atoms with E-state index >= 15 is 0 Å². The molecule has 3 fully saturated rings. The quantitative estimate of drug-likeness (QED) is 0.310. The zero-order valence-electron chi connectivity index (χ0n) is 22.7. The number of piperazine rings is 2. The molecule has 4 rings (SSSR count). The molecule has 9 nitrogen and oxygen atoms in total. The third-order valence-corrected chi connectivity index (χ3v) is 8.05. The van der Waals surface area contributed by atoms with E-state index in [0.29, 0.717) is 6.42 Å². The summed E-state index contributed by atoms with van der Waals surface area (Å²) in [5.41, 5.74) is 1.39. The molecule has 37 heavy (non-hydrogen) atoms. The highest BCUT2D eigenvalue weighted by molar-refractivity contribution is 5.70. The summed E-state index contributed by atoms with van der Waals surface area (Å²) in [6.07, 6.45) is 3.05. The minimum Gasteiger partial charge on any atom is -0.469 e. The lowest BCUT2D eigenvalue weighted by molar-refractivity contribution is -0.140. The van der Waals surface area contributed by atoms with Crippen LogP contribution in [0.4, 0.5) is 4.79 Å². The van der Waals surface area contributed by atoms with Gasteiger partial charge in [-0.25, -0.2) is 4.79 Å². The zero-order valence-corrected chi connectivity index (χ0v) is 22.7. The number of methoxy groups -OCH3 is 1. The maximum atomic E-state index is 12.6. The van der Waals surface area contributed by atoms with Gasteiger partial charge in [-0.05, 0) is 44.8 Å². The van der Waals surface area contributed by atoms with Crippen molar-refractivity contribution < 1.29 is 19.1 Å². The Bertz CT molecular complexity index is 840. The van der Waals surface area contributed by atoms with Crippen LogP contribution in [0.1, 0.15) is 38.2 Å². The standard InChI is InChI=1S/C28H45N5O4/c1-24-27(32-21-19-30(20-22-32)13-8-11-26(34)36-2)37-28(35)33(24)14-7-6-12-29-15-17-31(18-16-29)23-25-9-4-3-5-10-25/h3-5,9-10,24,27H,6-8,11-23H2,1-2H3. The number of carbonyl (C=O) groups is 2. The number of cyclic esters (lactones) is 1. The highest BCUT2D eigenvalue weighted by Gasteiger charge is 2.42. The molecule has 0 radical (unpaired) electrons. The van der Waals surface area contributed by atoms with Crippen LogP contribution in [0.2, 0.25) is 0 Å². The van der Waals surface area contributed by atoms with Crippen molar-refractivity contribution in [3.63, 3.8) is 0 Å². The van der Waals surface area contributed by atoms with Crippen LogP contribution in [-0.4, -0.2) is 128 Å². The van der Waals surface area contributed by atoms with Crippen molar-refractivity contribution in [1.82, 2.24) is 24.5 Å². The van der Waals surface area contributed by atoms with Crippen molar-refractivity contribution in [2.45, 2.75) is 51.4 Å². The van der Waals surface area contributed by atoms with Gasteiger partial charge in [0.1, 0.15) is 0 Å². The largest absolute Gasteiger partial charge is 0.469 e. The van der Waals surface area contributed by atoms with Gasteiger partial charge in [0.2, 0.25) is 0 Å². The fourth-order valence-electron chi connectivity index (χ4n) is 5.68. The SMILES string of the molecule is COC(=O)CCCN1CCN(C2OC(=O)N(CCCCN3CCN(Cc4ccccc4)CC3)C2C)CC1. The van der Waals surface area contributed by atoms with Gasteiger partial charge in [0.15, 0.2) is 6.23 Å².